The molecule has 3 aliphatic heterocycles. The first-order chi connectivity index (χ1) is 12.5. The summed E-state index contributed by atoms with van der Waals surface area (Å²) < 4.78 is 24.3. The molecule has 0 saturated carbocycles. The lowest BCUT2D eigenvalue weighted by molar-refractivity contribution is -0.163. The van der Waals surface area contributed by atoms with Gasteiger partial charge in [-0.05, 0) is 13.3 Å². The summed E-state index contributed by atoms with van der Waals surface area (Å²) in [6, 6.07) is -0.435. The lowest BCUT2D eigenvalue weighted by Crippen LogP contribution is -2.63. The molecule has 8 N–H and O–H groups in total. The summed E-state index contributed by atoms with van der Waals surface area (Å²) in [6.07, 6.45) is -0.197. The highest BCUT2D eigenvalue weighted by Gasteiger charge is 2.60. The zero-order valence-corrected chi connectivity index (χ0v) is 17.1. The van der Waals surface area contributed by atoms with Crippen molar-refractivity contribution in [2.75, 3.05) is 13.1 Å². The average Bonchev–Trinajstić information content (AvgIpc) is 3.07. The third-order valence-electron chi connectivity index (χ3n) is 5.32. The Labute approximate surface area is 167 Å². The number of carboxylic acid groups (broad SMARTS) is 1. The highest BCUT2D eigenvalue weighted by Crippen LogP contribution is 2.51. The Balaban J connectivity index is 0.00000280. The number of fused-ring (bicyclic) bond motifs is 1. The van der Waals surface area contributed by atoms with E-state index in [9.17, 15) is 28.2 Å². The molecule has 3 heterocycles. The monoisotopic (exact) mass is 438 g/mol. The molecule has 13 heteroatoms. The number of hydrogen-bond acceptors (Lipinski definition) is 7. The fraction of sp³-hybridized carbons (Fsp3) is 0.733. The van der Waals surface area contributed by atoms with Crippen LogP contribution in [0.15, 0.2) is 10.6 Å². The van der Waals surface area contributed by atoms with Crippen LogP contribution >= 0.6 is 11.8 Å². The number of nitrogens with zero attached hydrogens (tertiary/aromatic N) is 1. The second-order valence-corrected chi connectivity index (χ2v) is 9.97. The number of aliphatic hydroxyl groups is 1. The van der Waals surface area contributed by atoms with Gasteiger partial charge in [-0.25, -0.2) is 14.7 Å². The first kappa shape index (κ1) is 23.1. The van der Waals surface area contributed by atoms with Gasteiger partial charge in [-0.1, -0.05) is 6.92 Å². The Morgan fingerprint density at radius 1 is 1.50 bits per heavy atom. The van der Waals surface area contributed by atoms with E-state index in [1.807, 2.05) is 6.92 Å². The van der Waals surface area contributed by atoms with E-state index in [0.29, 0.717) is 17.9 Å². The molecular formula is C15H26N4O7S2. The maximum atomic E-state index is 12.3. The van der Waals surface area contributed by atoms with Crippen molar-refractivity contribution < 1.29 is 33.7 Å². The van der Waals surface area contributed by atoms with Gasteiger partial charge >= 0.3 is 5.97 Å². The number of amides is 1. The summed E-state index contributed by atoms with van der Waals surface area (Å²) in [7, 11) is -3.76. The number of β-lactam (4-membered cyclic amide) rings is 1. The van der Waals surface area contributed by atoms with E-state index in [1.165, 1.54) is 16.7 Å². The molecule has 11 nitrogen and oxygen atoms in total. The highest BCUT2D eigenvalue weighted by atomic mass is 32.2. The molecule has 1 amide bonds. The molecule has 160 valence electrons. The number of nitrogens with one attached hydrogen (secondary N) is 2. The van der Waals surface area contributed by atoms with Crippen molar-refractivity contribution in [3.05, 3.63) is 10.6 Å². The molecule has 0 aromatic rings. The average molecular weight is 439 g/mol. The van der Waals surface area contributed by atoms with Crippen molar-refractivity contribution in [2.24, 2.45) is 17.0 Å². The summed E-state index contributed by atoms with van der Waals surface area (Å²) in [6.45, 7) is 4.17. The van der Waals surface area contributed by atoms with Crippen LogP contribution in [0.3, 0.4) is 0 Å². The van der Waals surface area contributed by atoms with Crippen LogP contribution in [0, 0.1) is 11.8 Å². The van der Waals surface area contributed by atoms with Crippen LogP contribution in [-0.4, -0.2) is 77.4 Å². The van der Waals surface area contributed by atoms with E-state index >= 15 is 0 Å². The Hall–Kier alpha value is -1.22. The van der Waals surface area contributed by atoms with E-state index in [2.05, 4.69) is 10.0 Å². The van der Waals surface area contributed by atoms with Crippen molar-refractivity contribution in [3.63, 3.8) is 0 Å². The van der Waals surface area contributed by atoms with Gasteiger partial charge in [0.2, 0.25) is 5.91 Å². The maximum Gasteiger partial charge on any atom is 0.353 e. The number of aliphatic hydroxyl groups excluding tert-OH is 1. The highest BCUT2D eigenvalue weighted by molar-refractivity contribution is 8.03. The summed E-state index contributed by atoms with van der Waals surface area (Å²) >= 11 is 1.41. The van der Waals surface area contributed by atoms with Crippen molar-refractivity contribution >= 4 is 33.8 Å². The number of thioether (sulfide) groups is 1. The largest absolute Gasteiger partial charge is 0.477 e. The van der Waals surface area contributed by atoms with Gasteiger partial charge < -0.3 is 25.9 Å². The van der Waals surface area contributed by atoms with Crippen molar-refractivity contribution in [2.45, 2.75) is 43.7 Å². The fourth-order valence-electron chi connectivity index (χ4n) is 4.10. The van der Waals surface area contributed by atoms with Gasteiger partial charge in [0.25, 0.3) is 10.2 Å². The van der Waals surface area contributed by atoms with Crippen molar-refractivity contribution in [1.82, 2.24) is 14.9 Å². The fourth-order valence-corrected chi connectivity index (χ4v) is 6.05. The number of carboxylic acids is 1. The second kappa shape index (κ2) is 8.26. The summed E-state index contributed by atoms with van der Waals surface area (Å²) in [5, 5.41) is 27.7. The summed E-state index contributed by atoms with van der Waals surface area (Å²) in [5.74, 6) is -2.27. The predicted molar refractivity (Wildman–Crippen MR) is 102 cm³/mol. The van der Waals surface area contributed by atoms with Gasteiger partial charge in [0.05, 0.1) is 18.1 Å². The maximum absolute atomic E-state index is 12.3. The number of rotatable bonds is 7. The normalized spacial score (nSPS) is 33.4. The van der Waals surface area contributed by atoms with Crippen molar-refractivity contribution in [1.29, 1.82) is 0 Å². The van der Waals surface area contributed by atoms with Gasteiger partial charge in [0.1, 0.15) is 5.70 Å². The summed E-state index contributed by atoms with van der Waals surface area (Å²) in [4.78, 5) is 26.1. The number of hydrogen-bond donors (Lipinski definition) is 5. The number of nitrogens with two attached hydrogens (primary N) is 1. The Morgan fingerprint density at radius 2 is 2.14 bits per heavy atom. The molecule has 3 rings (SSSR count). The van der Waals surface area contributed by atoms with Crippen LogP contribution in [0.5, 0.6) is 0 Å². The SMILES string of the molecule is CC(O)C1C(=O)N2C(C(=O)O)=C(SC3CNC(CNS(N)(=O)=O)C3)C(C)[C@@H]12.O. The molecule has 2 saturated heterocycles. The Morgan fingerprint density at radius 3 is 2.68 bits per heavy atom. The minimum absolute atomic E-state index is 0. The minimum atomic E-state index is -3.76. The van der Waals surface area contributed by atoms with Crippen LogP contribution < -0.4 is 15.2 Å². The van der Waals surface area contributed by atoms with Gasteiger partial charge in [0, 0.05) is 35.2 Å². The van der Waals surface area contributed by atoms with E-state index in [4.69, 9.17) is 5.14 Å². The number of aliphatic carboxylic acids is 1. The van der Waals surface area contributed by atoms with Gasteiger partial charge in [-0.15, -0.1) is 11.8 Å². The molecule has 0 aliphatic carbocycles. The van der Waals surface area contributed by atoms with E-state index in [1.54, 1.807) is 6.92 Å². The molecule has 5 unspecified atom stereocenters. The van der Waals surface area contributed by atoms with Crippen LogP contribution in [-0.2, 0) is 19.8 Å². The second-order valence-electron chi connectivity index (χ2n) is 7.25. The van der Waals surface area contributed by atoms with Crippen LogP contribution in [0.1, 0.15) is 20.3 Å². The third-order valence-corrected chi connectivity index (χ3v) is 7.40. The quantitative estimate of drug-likeness (QED) is 0.271. The minimum Gasteiger partial charge on any atom is -0.477 e. The van der Waals surface area contributed by atoms with Gasteiger partial charge in [-0.3, -0.25) is 4.79 Å². The van der Waals surface area contributed by atoms with E-state index < -0.39 is 28.2 Å². The standard InChI is InChI=1S/C15H24N4O6S2.H2O/c1-6-11-10(7(2)20)14(21)19(11)12(15(22)23)13(6)26-9-3-8(17-5-9)4-18-27(16,24)25;/h6-11,17-18,20H,3-5H2,1-2H3,(H,22,23)(H2,16,24,25);1H2/t6?,7?,8?,9?,10?,11-;/m0./s1. The van der Waals surface area contributed by atoms with Crippen molar-refractivity contribution in [3.8, 4) is 0 Å². The van der Waals surface area contributed by atoms with Gasteiger partial charge in [0.15, 0.2) is 0 Å². The molecule has 2 fully saturated rings. The lowest BCUT2D eigenvalue weighted by Gasteiger charge is -2.46. The molecule has 3 aliphatic rings. The molecular weight excluding hydrogens is 412 g/mol. The first-order valence-corrected chi connectivity index (χ1v) is 11.1. The predicted octanol–water partition coefficient (Wildman–Crippen LogP) is -2.43. The smallest absolute Gasteiger partial charge is 0.353 e. The Kier molecular flexibility index (Phi) is 6.80. The first-order valence-electron chi connectivity index (χ1n) is 8.67. The molecule has 0 bridgehead atoms. The van der Waals surface area contributed by atoms with Gasteiger partial charge in [-0.2, -0.15) is 8.42 Å². The van der Waals surface area contributed by atoms with Crippen LogP contribution in [0.25, 0.3) is 0 Å². The zero-order valence-electron chi connectivity index (χ0n) is 15.5. The van der Waals surface area contributed by atoms with Crippen LogP contribution in [0.4, 0.5) is 0 Å². The van der Waals surface area contributed by atoms with E-state index in [-0.39, 0.29) is 46.9 Å². The zero-order chi connectivity index (χ0) is 20.1. The molecule has 0 radical (unpaired) electrons. The Bertz CT molecular complexity index is 785. The number of carbonyl (C=O) groups excluding carboxylic acids is 1. The van der Waals surface area contributed by atoms with Crippen LogP contribution in [0.2, 0.25) is 0 Å². The molecule has 6 atom stereocenters. The number of carbonyl (C=O) groups is 2. The molecule has 0 aromatic heterocycles. The molecule has 0 spiro atoms. The molecule has 0 aromatic carbocycles. The summed E-state index contributed by atoms with van der Waals surface area (Å²) in [5.41, 5.74) is 0.00510. The topological polar surface area (TPSA) is 194 Å². The molecule has 28 heavy (non-hydrogen) atoms. The third kappa shape index (κ3) is 4.20. The lowest BCUT2D eigenvalue weighted by atomic mass is 9.79. The van der Waals surface area contributed by atoms with E-state index in [0.717, 1.165) is 0 Å².